The fourth-order valence-corrected chi connectivity index (χ4v) is 3.10. The van der Waals surface area contributed by atoms with Gasteiger partial charge in [0.1, 0.15) is 6.10 Å². The van der Waals surface area contributed by atoms with E-state index >= 15 is 0 Å². The maximum atomic E-state index is 12.0. The molecule has 0 aliphatic carbocycles. The molecular weight excluding hydrogens is 292 g/mol. The minimum absolute atomic E-state index is 0.147. The molecule has 1 atom stereocenters. The summed E-state index contributed by atoms with van der Waals surface area (Å²) in [5.41, 5.74) is 0.998. The quantitative estimate of drug-likeness (QED) is 0.752. The third-order valence-corrected chi connectivity index (χ3v) is 4.75. The molecule has 2 N–H and O–H groups in total. The number of ether oxygens (including phenoxy) is 1. The molecule has 0 bridgehead atoms. The minimum Gasteiger partial charge on any atom is -0.368 e. The van der Waals surface area contributed by atoms with Crippen LogP contribution in [0.25, 0.3) is 0 Å². The number of benzene rings is 1. The zero-order chi connectivity index (χ0) is 15.3. The molecular formula is C14H20N2O4S. The normalized spacial score (nSPS) is 18.6. The van der Waals surface area contributed by atoms with Gasteiger partial charge < -0.3 is 10.1 Å². The van der Waals surface area contributed by atoms with Gasteiger partial charge in [-0.15, -0.1) is 0 Å². The Bertz CT molecular complexity index is 577. The van der Waals surface area contributed by atoms with Crippen LogP contribution < -0.4 is 10.0 Å². The van der Waals surface area contributed by atoms with Crippen LogP contribution in [0.3, 0.4) is 0 Å². The van der Waals surface area contributed by atoms with E-state index in [-0.39, 0.29) is 23.9 Å². The molecule has 1 aliphatic heterocycles. The van der Waals surface area contributed by atoms with E-state index in [1.807, 2.05) is 6.92 Å². The summed E-state index contributed by atoms with van der Waals surface area (Å²) in [6, 6.07) is 6.60. The van der Waals surface area contributed by atoms with Gasteiger partial charge in [0, 0.05) is 19.7 Å². The van der Waals surface area contributed by atoms with Crippen LogP contribution in [0.2, 0.25) is 0 Å². The van der Waals surface area contributed by atoms with Gasteiger partial charge in [-0.3, -0.25) is 4.79 Å². The van der Waals surface area contributed by atoms with Crippen LogP contribution in [0.5, 0.6) is 0 Å². The lowest BCUT2D eigenvalue weighted by Crippen LogP contribution is -2.39. The van der Waals surface area contributed by atoms with Crippen molar-refractivity contribution in [3.63, 3.8) is 0 Å². The maximum absolute atomic E-state index is 12.0. The minimum atomic E-state index is -3.53. The third-order valence-electron chi connectivity index (χ3n) is 3.27. The zero-order valence-electron chi connectivity index (χ0n) is 12.0. The number of carbonyl (C=O) groups is 1. The SMILES string of the molecule is Cc1ccc(S(=O)(=O)NCCNC(=O)[C@@H]2CCCO2)cc1. The zero-order valence-corrected chi connectivity index (χ0v) is 12.8. The summed E-state index contributed by atoms with van der Waals surface area (Å²) >= 11 is 0. The van der Waals surface area contributed by atoms with E-state index in [4.69, 9.17) is 4.74 Å². The van der Waals surface area contributed by atoms with Crippen LogP contribution in [0, 0.1) is 6.92 Å². The molecule has 1 aliphatic rings. The van der Waals surface area contributed by atoms with Crippen molar-refractivity contribution in [3.8, 4) is 0 Å². The molecule has 1 amide bonds. The van der Waals surface area contributed by atoms with Crippen LogP contribution in [0.15, 0.2) is 29.2 Å². The standard InChI is InChI=1S/C14H20N2O4S/c1-11-4-6-12(7-5-11)21(18,19)16-9-8-15-14(17)13-3-2-10-20-13/h4-7,13,16H,2-3,8-10H2,1H3,(H,15,17)/t13-/m0/s1. The molecule has 2 rings (SSSR count). The molecule has 0 aromatic heterocycles. The molecule has 116 valence electrons. The number of carbonyl (C=O) groups excluding carboxylic acids is 1. The average molecular weight is 312 g/mol. The lowest BCUT2D eigenvalue weighted by atomic mass is 10.2. The van der Waals surface area contributed by atoms with Crippen molar-refractivity contribution in [1.29, 1.82) is 0 Å². The Morgan fingerprint density at radius 2 is 2.00 bits per heavy atom. The molecule has 1 aromatic rings. The topological polar surface area (TPSA) is 84.5 Å². The second-order valence-corrected chi connectivity index (χ2v) is 6.77. The van der Waals surface area contributed by atoms with Crippen LogP contribution in [0.4, 0.5) is 0 Å². The fraction of sp³-hybridized carbons (Fsp3) is 0.500. The van der Waals surface area contributed by atoms with Crippen molar-refractivity contribution in [2.75, 3.05) is 19.7 Å². The van der Waals surface area contributed by atoms with Crippen molar-refractivity contribution >= 4 is 15.9 Å². The second kappa shape index (κ2) is 7.02. The summed E-state index contributed by atoms with van der Waals surface area (Å²) in [7, 11) is -3.53. The molecule has 7 heteroatoms. The molecule has 0 spiro atoms. The first-order valence-corrected chi connectivity index (χ1v) is 8.43. The van der Waals surface area contributed by atoms with Crippen LogP contribution in [-0.4, -0.2) is 40.1 Å². The van der Waals surface area contributed by atoms with Gasteiger partial charge in [-0.1, -0.05) is 17.7 Å². The predicted octanol–water partition coefficient (Wildman–Crippen LogP) is 0.569. The Balaban J connectivity index is 1.77. The van der Waals surface area contributed by atoms with Gasteiger partial charge in [0.2, 0.25) is 15.9 Å². The highest BCUT2D eigenvalue weighted by Gasteiger charge is 2.23. The van der Waals surface area contributed by atoms with Crippen LogP contribution >= 0.6 is 0 Å². The monoisotopic (exact) mass is 312 g/mol. The fourth-order valence-electron chi connectivity index (χ4n) is 2.07. The molecule has 1 saturated heterocycles. The summed E-state index contributed by atoms with van der Waals surface area (Å²) in [6.07, 6.45) is 1.22. The van der Waals surface area contributed by atoms with Gasteiger partial charge in [-0.05, 0) is 31.9 Å². The highest BCUT2D eigenvalue weighted by molar-refractivity contribution is 7.89. The predicted molar refractivity (Wildman–Crippen MR) is 78.4 cm³/mol. The van der Waals surface area contributed by atoms with Gasteiger partial charge >= 0.3 is 0 Å². The van der Waals surface area contributed by atoms with Crippen LogP contribution in [-0.2, 0) is 19.6 Å². The number of rotatable bonds is 6. The lowest BCUT2D eigenvalue weighted by Gasteiger charge is -2.11. The largest absolute Gasteiger partial charge is 0.368 e. The summed E-state index contributed by atoms with van der Waals surface area (Å²) in [6.45, 7) is 2.89. The first-order valence-electron chi connectivity index (χ1n) is 6.95. The molecule has 1 aromatic carbocycles. The Hall–Kier alpha value is -1.44. The summed E-state index contributed by atoms with van der Waals surface area (Å²) < 4.78 is 31.7. The first-order chi connectivity index (χ1) is 9.99. The Kier molecular flexibility index (Phi) is 5.33. The molecule has 21 heavy (non-hydrogen) atoms. The number of hydrogen-bond acceptors (Lipinski definition) is 4. The van der Waals surface area contributed by atoms with Gasteiger partial charge in [0.15, 0.2) is 0 Å². The van der Waals surface area contributed by atoms with E-state index in [0.717, 1.165) is 18.4 Å². The van der Waals surface area contributed by atoms with Crippen molar-refractivity contribution in [2.24, 2.45) is 0 Å². The van der Waals surface area contributed by atoms with Gasteiger partial charge in [0.25, 0.3) is 0 Å². The van der Waals surface area contributed by atoms with E-state index in [1.165, 1.54) is 0 Å². The van der Waals surface area contributed by atoms with Crippen LogP contribution in [0.1, 0.15) is 18.4 Å². The highest BCUT2D eigenvalue weighted by atomic mass is 32.2. The number of hydrogen-bond donors (Lipinski definition) is 2. The smallest absolute Gasteiger partial charge is 0.249 e. The van der Waals surface area contributed by atoms with E-state index in [0.29, 0.717) is 6.61 Å². The Labute approximate surface area is 124 Å². The lowest BCUT2D eigenvalue weighted by molar-refractivity contribution is -0.129. The molecule has 1 fully saturated rings. The summed E-state index contributed by atoms with van der Waals surface area (Å²) in [5, 5.41) is 2.67. The van der Waals surface area contributed by atoms with Crippen molar-refractivity contribution in [1.82, 2.24) is 10.0 Å². The van der Waals surface area contributed by atoms with E-state index in [9.17, 15) is 13.2 Å². The van der Waals surface area contributed by atoms with E-state index < -0.39 is 16.1 Å². The molecule has 0 saturated carbocycles. The third kappa shape index (κ3) is 4.52. The number of nitrogens with one attached hydrogen (secondary N) is 2. The first kappa shape index (κ1) is 15.9. The average Bonchev–Trinajstić information content (AvgIpc) is 2.98. The molecule has 0 unspecified atom stereocenters. The van der Waals surface area contributed by atoms with Crippen molar-refractivity contribution in [3.05, 3.63) is 29.8 Å². The summed E-state index contributed by atoms with van der Waals surface area (Å²) in [4.78, 5) is 11.9. The number of amides is 1. The highest BCUT2D eigenvalue weighted by Crippen LogP contribution is 2.11. The van der Waals surface area contributed by atoms with Gasteiger partial charge in [0.05, 0.1) is 4.90 Å². The molecule has 0 radical (unpaired) electrons. The van der Waals surface area contributed by atoms with Crippen molar-refractivity contribution < 1.29 is 17.9 Å². The molecule has 1 heterocycles. The number of sulfonamides is 1. The number of aryl methyl sites for hydroxylation is 1. The second-order valence-electron chi connectivity index (χ2n) is 5.00. The molecule has 6 nitrogen and oxygen atoms in total. The Morgan fingerprint density at radius 3 is 2.62 bits per heavy atom. The van der Waals surface area contributed by atoms with E-state index in [2.05, 4.69) is 10.0 Å². The van der Waals surface area contributed by atoms with E-state index in [1.54, 1.807) is 24.3 Å². The summed E-state index contributed by atoms with van der Waals surface area (Å²) in [5.74, 6) is -0.179. The Morgan fingerprint density at radius 1 is 1.29 bits per heavy atom. The maximum Gasteiger partial charge on any atom is 0.249 e. The van der Waals surface area contributed by atoms with Gasteiger partial charge in [-0.2, -0.15) is 0 Å². The van der Waals surface area contributed by atoms with Gasteiger partial charge in [-0.25, -0.2) is 13.1 Å². The van der Waals surface area contributed by atoms with Crippen molar-refractivity contribution in [2.45, 2.75) is 30.8 Å².